The van der Waals surface area contributed by atoms with E-state index in [2.05, 4.69) is 12.2 Å². The van der Waals surface area contributed by atoms with Crippen molar-refractivity contribution in [3.8, 4) is 0 Å². The van der Waals surface area contributed by atoms with Crippen LogP contribution in [0.25, 0.3) is 0 Å². The van der Waals surface area contributed by atoms with Gasteiger partial charge in [0, 0.05) is 12.6 Å². The molecule has 1 saturated carbocycles. The van der Waals surface area contributed by atoms with Crippen LogP contribution in [-0.2, 0) is 26.9 Å². The van der Waals surface area contributed by atoms with Gasteiger partial charge in [0.25, 0.3) is 0 Å². The molecule has 0 aromatic heterocycles. The molecule has 0 bridgehead atoms. The monoisotopic (exact) mass is 396 g/mol. The average Bonchev–Trinajstić information content (AvgIpc) is 2.61. The fourth-order valence-electron chi connectivity index (χ4n) is 3.80. The van der Waals surface area contributed by atoms with Crippen LogP contribution >= 0.6 is 0 Å². The summed E-state index contributed by atoms with van der Waals surface area (Å²) >= 11 is 0. The Hall–Kier alpha value is -1.44. The van der Waals surface area contributed by atoms with Crippen LogP contribution in [-0.4, -0.2) is 37.3 Å². The molecule has 1 aromatic carbocycles. The number of nitrogens with two attached hydrogens (primary N) is 1. The molecular formula is C20H32N2O4S. The second-order valence-electron chi connectivity index (χ2n) is 7.79. The minimum absolute atomic E-state index is 0.192. The van der Waals surface area contributed by atoms with Crippen LogP contribution in [0.3, 0.4) is 0 Å². The Kier molecular flexibility index (Phi) is 8.26. The van der Waals surface area contributed by atoms with Gasteiger partial charge in [0.1, 0.15) is 6.04 Å². The summed E-state index contributed by atoms with van der Waals surface area (Å²) in [4.78, 5) is 10.8. The van der Waals surface area contributed by atoms with Crippen LogP contribution in [0.1, 0.15) is 56.6 Å². The third kappa shape index (κ3) is 7.60. The smallest absolute Gasteiger partial charge is 0.321 e. The first kappa shape index (κ1) is 21.9. The molecule has 4 N–H and O–H groups in total. The number of rotatable bonds is 10. The van der Waals surface area contributed by atoms with E-state index >= 15 is 0 Å². The van der Waals surface area contributed by atoms with Crippen LogP contribution < -0.4 is 11.1 Å². The number of benzene rings is 1. The summed E-state index contributed by atoms with van der Waals surface area (Å²) in [6.07, 6.45) is 7.78. The van der Waals surface area contributed by atoms with Crippen molar-refractivity contribution in [2.24, 2.45) is 11.7 Å². The van der Waals surface area contributed by atoms with Gasteiger partial charge in [-0.2, -0.15) is 0 Å². The number of hydrogen-bond acceptors (Lipinski definition) is 5. The molecule has 1 aliphatic carbocycles. The van der Waals surface area contributed by atoms with Crippen LogP contribution in [0.15, 0.2) is 24.3 Å². The number of carboxylic acid groups (broad SMARTS) is 1. The molecule has 1 fully saturated rings. The molecule has 27 heavy (non-hydrogen) atoms. The molecule has 0 amide bonds. The normalized spacial score (nSPS) is 18.1. The van der Waals surface area contributed by atoms with E-state index in [9.17, 15) is 13.2 Å². The highest BCUT2D eigenvalue weighted by atomic mass is 32.2. The van der Waals surface area contributed by atoms with E-state index in [0.29, 0.717) is 18.2 Å². The van der Waals surface area contributed by atoms with E-state index in [-0.39, 0.29) is 5.75 Å². The van der Waals surface area contributed by atoms with Gasteiger partial charge < -0.3 is 16.2 Å². The van der Waals surface area contributed by atoms with Gasteiger partial charge in [-0.1, -0.05) is 56.4 Å². The zero-order chi connectivity index (χ0) is 19.9. The van der Waals surface area contributed by atoms with Gasteiger partial charge in [-0.15, -0.1) is 0 Å². The molecule has 0 radical (unpaired) electrons. The quantitative estimate of drug-likeness (QED) is 0.560. The minimum atomic E-state index is -3.60. The first-order valence-corrected chi connectivity index (χ1v) is 11.6. The number of aliphatic carboxylic acids is 1. The van der Waals surface area contributed by atoms with Gasteiger partial charge in [-0.25, -0.2) is 8.42 Å². The zero-order valence-corrected chi connectivity index (χ0v) is 16.9. The van der Waals surface area contributed by atoms with Crippen molar-refractivity contribution in [3.05, 3.63) is 35.4 Å². The standard InChI is InChI=1S/C20H32N2O4S/c1-15(11-16-7-3-2-4-8-16)22-12-17-9-5-6-10-18(17)13-27(25,26)14-19(21)20(23)24/h5-6,9-10,15-16,19,22H,2-4,7-8,11-14,21H2,1H3,(H,23,24)/t15?,19-/m0/s1. The molecule has 0 spiro atoms. The fraction of sp³-hybridized carbons (Fsp3) is 0.650. The number of sulfone groups is 1. The fourth-order valence-corrected chi connectivity index (χ4v) is 5.36. The summed E-state index contributed by atoms with van der Waals surface area (Å²) in [7, 11) is -3.60. The van der Waals surface area contributed by atoms with Gasteiger partial charge in [-0.3, -0.25) is 4.79 Å². The Balaban J connectivity index is 1.93. The number of carboxylic acids is 1. The lowest BCUT2D eigenvalue weighted by molar-refractivity contribution is -0.137. The SMILES string of the molecule is CC(CC1CCCCC1)NCc1ccccc1CS(=O)(=O)C[C@H](N)C(=O)O. The highest BCUT2D eigenvalue weighted by Crippen LogP contribution is 2.27. The summed E-state index contributed by atoms with van der Waals surface area (Å²) in [5.41, 5.74) is 7.02. The molecule has 2 rings (SSSR count). The molecule has 0 aliphatic heterocycles. The highest BCUT2D eigenvalue weighted by molar-refractivity contribution is 7.90. The van der Waals surface area contributed by atoms with Crippen molar-refractivity contribution in [2.75, 3.05) is 5.75 Å². The molecule has 6 nitrogen and oxygen atoms in total. The molecule has 1 unspecified atom stereocenters. The second-order valence-corrected chi connectivity index (χ2v) is 9.90. The van der Waals surface area contributed by atoms with E-state index in [1.54, 1.807) is 12.1 Å². The Morgan fingerprint density at radius 2 is 1.85 bits per heavy atom. The van der Waals surface area contributed by atoms with Crippen LogP contribution in [0, 0.1) is 5.92 Å². The third-order valence-electron chi connectivity index (χ3n) is 5.30. The second kappa shape index (κ2) is 10.2. The Morgan fingerprint density at radius 1 is 1.22 bits per heavy atom. The summed E-state index contributed by atoms with van der Waals surface area (Å²) in [5, 5.41) is 12.4. The van der Waals surface area contributed by atoms with E-state index in [0.717, 1.165) is 17.9 Å². The Labute approximate surface area is 162 Å². The number of nitrogens with one attached hydrogen (secondary N) is 1. The minimum Gasteiger partial charge on any atom is -0.480 e. The van der Waals surface area contributed by atoms with Crippen molar-refractivity contribution in [2.45, 2.75) is 69.8 Å². The first-order valence-electron chi connectivity index (χ1n) is 9.76. The lowest BCUT2D eigenvalue weighted by Crippen LogP contribution is -2.37. The molecule has 0 saturated heterocycles. The Morgan fingerprint density at radius 3 is 2.48 bits per heavy atom. The van der Waals surface area contributed by atoms with E-state index in [1.165, 1.54) is 32.1 Å². The van der Waals surface area contributed by atoms with E-state index < -0.39 is 27.6 Å². The van der Waals surface area contributed by atoms with Crippen LogP contribution in [0.5, 0.6) is 0 Å². The predicted molar refractivity (Wildman–Crippen MR) is 107 cm³/mol. The average molecular weight is 397 g/mol. The zero-order valence-electron chi connectivity index (χ0n) is 16.1. The van der Waals surface area contributed by atoms with E-state index in [4.69, 9.17) is 10.8 Å². The molecule has 7 heteroatoms. The largest absolute Gasteiger partial charge is 0.480 e. The van der Waals surface area contributed by atoms with E-state index in [1.807, 2.05) is 12.1 Å². The number of hydrogen-bond donors (Lipinski definition) is 3. The third-order valence-corrected chi connectivity index (χ3v) is 6.91. The first-order chi connectivity index (χ1) is 12.8. The maximum atomic E-state index is 12.3. The van der Waals surface area contributed by atoms with Crippen molar-refractivity contribution in [3.63, 3.8) is 0 Å². The molecule has 1 aromatic rings. The van der Waals surface area contributed by atoms with Gasteiger partial charge >= 0.3 is 5.97 Å². The van der Waals surface area contributed by atoms with Crippen molar-refractivity contribution < 1.29 is 18.3 Å². The molecular weight excluding hydrogens is 364 g/mol. The van der Waals surface area contributed by atoms with Crippen molar-refractivity contribution in [1.29, 1.82) is 0 Å². The molecule has 152 valence electrons. The topological polar surface area (TPSA) is 109 Å². The maximum Gasteiger partial charge on any atom is 0.321 e. The summed E-state index contributed by atoms with van der Waals surface area (Å²) in [6, 6.07) is 6.38. The van der Waals surface area contributed by atoms with Crippen molar-refractivity contribution in [1.82, 2.24) is 5.32 Å². The van der Waals surface area contributed by atoms with Gasteiger partial charge in [0.05, 0.1) is 11.5 Å². The Bertz CT molecular complexity index is 714. The maximum absolute atomic E-state index is 12.3. The van der Waals surface area contributed by atoms with Gasteiger partial charge in [-0.05, 0) is 30.4 Å². The summed E-state index contributed by atoms with van der Waals surface area (Å²) in [6.45, 7) is 2.78. The lowest BCUT2D eigenvalue weighted by Gasteiger charge is -2.25. The molecule has 0 heterocycles. The predicted octanol–water partition coefficient (Wildman–Crippen LogP) is 2.46. The molecule has 2 atom stereocenters. The highest BCUT2D eigenvalue weighted by Gasteiger charge is 2.23. The summed E-state index contributed by atoms with van der Waals surface area (Å²) < 4.78 is 24.6. The lowest BCUT2D eigenvalue weighted by atomic mass is 9.85. The molecule has 1 aliphatic rings. The number of carbonyl (C=O) groups is 1. The van der Waals surface area contributed by atoms with Crippen molar-refractivity contribution >= 4 is 15.8 Å². The van der Waals surface area contributed by atoms with Gasteiger partial charge in [0.15, 0.2) is 9.84 Å². The van der Waals surface area contributed by atoms with Crippen LogP contribution in [0.2, 0.25) is 0 Å². The summed E-state index contributed by atoms with van der Waals surface area (Å²) in [5.74, 6) is -1.26. The van der Waals surface area contributed by atoms with Gasteiger partial charge in [0.2, 0.25) is 0 Å². The van der Waals surface area contributed by atoms with Crippen LogP contribution in [0.4, 0.5) is 0 Å².